The Labute approximate surface area is 107 Å². The minimum Gasteiger partial charge on any atom is -0.385 e. The largest absolute Gasteiger partial charge is 0.385 e. The van der Waals surface area contributed by atoms with Gasteiger partial charge < -0.3 is 9.72 Å². The fourth-order valence-electron chi connectivity index (χ4n) is 1.38. The van der Waals surface area contributed by atoms with Crippen molar-refractivity contribution in [2.24, 2.45) is 0 Å². The lowest BCUT2D eigenvalue weighted by Gasteiger charge is -2.15. The van der Waals surface area contributed by atoms with Crippen LogP contribution in [0, 0.1) is 0 Å². The quantitative estimate of drug-likeness (QED) is 0.607. The Morgan fingerprint density at radius 2 is 2.24 bits per heavy atom. The molecule has 0 aliphatic carbocycles. The van der Waals surface area contributed by atoms with Crippen molar-refractivity contribution in [1.82, 2.24) is 9.29 Å². The topological polar surface area (TPSA) is 62.4 Å². The first-order chi connectivity index (χ1) is 8.02. The monoisotopic (exact) mass is 280 g/mol. The van der Waals surface area contributed by atoms with Gasteiger partial charge in [-0.2, -0.15) is 0 Å². The standard InChI is InChI=1S/C10H17ClN2O3S/c1-13(4-3-5-16-2)17(14,15)10-6-9(7-11)12-8-10/h6,8,12H,3-5,7H2,1-2H3. The summed E-state index contributed by atoms with van der Waals surface area (Å²) in [5, 5.41) is 0. The van der Waals surface area contributed by atoms with Gasteiger partial charge in [-0.15, -0.1) is 11.6 Å². The van der Waals surface area contributed by atoms with E-state index in [1.807, 2.05) is 0 Å². The number of nitrogens with zero attached hydrogens (tertiary/aromatic N) is 1. The molecule has 0 aromatic carbocycles. The summed E-state index contributed by atoms with van der Waals surface area (Å²) in [6.07, 6.45) is 2.12. The number of H-pyrrole nitrogens is 1. The third-order valence-electron chi connectivity index (χ3n) is 2.39. The Bertz CT molecular complexity index is 444. The third kappa shape index (κ3) is 3.70. The summed E-state index contributed by atoms with van der Waals surface area (Å²) in [6, 6.07) is 1.55. The second-order valence-electron chi connectivity index (χ2n) is 3.67. The number of hydrogen-bond donors (Lipinski definition) is 1. The maximum absolute atomic E-state index is 12.1. The van der Waals surface area contributed by atoms with Gasteiger partial charge in [-0.3, -0.25) is 0 Å². The molecule has 0 fully saturated rings. The fourth-order valence-corrected chi connectivity index (χ4v) is 2.76. The third-order valence-corrected chi connectivity index (χ3v) is 4.51. The van der Waals surface area contributed by atoms with Crippen LogP contribution in [-0.2, 0) is 20.6 Å². The number of aromatic nitrogens is 1. The van der Waals surface area contributed by atoms with Crippen molar-refractivity contribution < 1.29 is 13.2 Å². The summed E-state index contributed by atoms with van der Waals surface area (Å²) in [5.41, 5.74) is 0.690. The molecule has 17 heavy (non-hydrogen) atoms. The summed E-state index contributed by atoms with van der Waals surface area (Å²) in [4.78, 5) is 3.06. The summed E-state index contributed by atoms with van der Waals surface area (Å²) in [7, 11) is -0.276. The molecule has 0 saturated heterocycles. The molecule has 98 valence electrons. The number of hydrogen-bond acceptors (Lipinski definition) is 3. The van der Waals surface area contributed by atoms with E-state index >= 15 is 0 Å². The highest BCUT2D eigenvalue weighted by atomic mass is 35.5. The van der Waals surface area contributed by atoms with Crippen molar-refractivity contribution in [3.8, 4) is 0 Å². The van der Waals surface area contributed by atoms with Crippen molar-refractivity contribution in [2.45, 2.75) is 17.2 Å². The maximum Gasteiger partial charge on any atom is 0.244 e. The van der Waals surface area contributed by atoms with E-state index < -0.39 is 10.0 Å². The average molecular weight is 281 g/mol. The molecule has 5 nitrogen and oxygen atoms in total. The highest BCUT2D eigenvalue weighted by Crippen LogP contribution is 2.16. The number of sulfonamides is 1. The Balaban J connectivity index is 2.73. The molecule has 0 atom stereocenters. The molecule has 1 aromatic rings. The van der Waals surface area contributed by atoms with Crippen LogP contribution in [0.2, 0.25) is 0 Å². The Morgan fingerprint density at radius 1 is 1.53 bits per heavy atom. The second-order valence-corrected chi connectivity index (χ2v) is 5.98. The molecule has 1 heterocycles. The van der Waals surface area contributed by atoms with E-state index in [9.17, 15) is 8.42 Å². The summed E-state index contributed by atoms with van der Waals surface area (Å²) in [5.74, 6) is 0.267. The SMILES string of the molecule is COCCCN(C)S(=O)(=O)c1c[nH]c(CCl)c1. The molecule has 1 N–H and O–H groups in total. The number of alkyl halides is 1. The van der Waals surface area contributed by atoms with Gasteiger partial charge in [0.25, 0.3) is 0 Å². The molecular weight excluding hydrogens is 264 g/mol. The Hall–Kier alpha value is -0.560. The molecule has 1 rings (SSSR count). The van der Waals surface area contributed by atoms with Crippen LogP contribution in [0.4, 0.5) is 0 Å². The number of aromatic amines is 1. The van der Waals surface area contributed by atoms with Gasteiger partial charge in [-0.1, -0.05) is 0 Å². The smallest absolute Gasteiger partial charge is 0.244 e. The lowest BCUT2D eigenvalue weighted by Crippen LogP contribution is -2.28. The van der Waals surface area contributed by atoms with Gasteiger partial charge in [-0.05, 0) is 12.5 Å². The Kier molecular flexibility index (Phi) is 5.45. The highest BCUT2D eigenvalue weighted by Gasteiger charge is 2.21. The lowest BCUT2D eigenvalue weighted by atomic mass is 10.5. The highest BCUT2D eigenvalue weighted by molar-refractivity contribution is 7.89. The van der Waals surface area contributed by atoms with Crippen LogP contribution in [0.3, 0.4) is 0 Å². The molecule has 0 unspecified atom stereocenters. The maximum atomic E-state index is 12.1. The van der Waals surface area contributed by atoms with Crippen molar-refractivity contribution in [3.63, 3.8) is 0 Å². The zero-order chi connectivity index (χ0) is 12.9. The van der Waals surface area contributed by atoms with Crippen LogP contribution in [-0.4, -0.2) is 45.0 Å². The molecule has 1 aromatic heterocycles. The Morgan fingerprint density at radius 3 is 2.76 bits per heavy atom. The predicted molar refractivity (Wildman–Crippen MR) is 66.7 cm³/mol. The fraction of sp³-hybridized carbons (Fsp3) is 0.600. The van der Waals surface area contributed by atoms with Gasteiger partial charge in [-0.25, -0.2) is 12.7 Å². The van der Waals surface area contributed by atoms with Gasteiger partial charge in [0.2, 0.25) is 10.0 Å². The zero-order valence-electron chi connectivity index (χ0n) is 9.94. The molecule has 0 radical (unpaired) electrons. The van der Waals surface area contributed by atoms with Gasteiger partial charge >= 0.3 is 0 Å². The van der Waals surface area contributed by atoms with Crippen LogP contribution in [0.1, 0.15) is 12.1 Å². The van der Waals surface area contributed by atoms with Crippen LogP contribution in [0.25, 0.3) is 0 Å². The first kappa shape index (κ1) is 14.5. The summed E-state index contributed by atoms with van der Waals surface area (Å²) >= 11 is 5.62. The normalized spacial score (nSPS) is 12.2. The van der Waals surface area contributed by atoms with E-state index in [4.69, 9.17) is 16.3 Å². The van der Waals surface area contributed by atoms with Crippen molar-refractivity contribution in [3.05, 3.63) is 18.0 Å². The molecule has 0 aliphatic heterocycles. The number of rotatable bonds is 7. The molecule has 7 heteroatoms. The molecule has 0 saturated carbocycles. The lowest BCUT2D eigenvalue weighted by molar-refractivity contribution is 0.189. The van der Waals surface area contributed by atoms with Crippen LogP contribution in [0.15, 0.2) is 17.2 Å². The van der Waals surface area contributed by atoms with Crippen molar-refractivity contribution in [2.75, 3.05) is 27.3 Å². The minimum absolute atomic E-state index is 0.244. The zero-order valence-corrected chi connectivity index (χ0v) is 11.5. The molecular formula is C10H17ClN2O3S. The molecule has 0 spiro atoms. The summed E-state index contributed by atoms with van der Waals surface area (Å²) in [6.45, 7) is 0.970. The van der Waals surface area contributed by atoms with Gasteiger partial charge in [0.1, 0.15) is 0 Å². The minimum atomic E-state index is -3.42. The van der Waals surface area contributed by atoms with Crippen LogP contribution >= 0.6 is 11.6 Å². The molecule has 0 aliphatic rings. The van der Waals surface area contributed by atoms with Gasteiger partial charge in [0.15, 0.2) is 0 Å². The average Bonchev–Trinajstić information content (AvgIpc) is 2.78. The predicted octanol–water partition coefficient (Wildman–Crippen LogP) is 1.41. The van der Waals surface area contributed by atoms with Crippen LogP contribution in [0.5, 0.6) is 0 Å². The van der Waals surface area contributed by atoms with E-state index in [0.717, 1.165) is 0 Å². The number of ether oxygens (including phenoxy) is 1. The number of methoxy groups -OCH3 is 1. The number of nitrogens with one attached hydrogen (secondary N) is 1. The van der Waals surface area contributed by atoms with Crippen molar-refractivity contribution >= 4 is 21.6 Å². The van der Waals surface area contributed by atoms with Gasteiger partial charge in [0, 0.05) is 39.2 Å². The van der Waals surface area contributed by atoms with Crippen molar-refractivity contribution in [1.29, 1.82) is 0 Å². The van der Waals surface area contributed by atoms with E-state index in [-0.39, 0.29) is 10.8 Å². The first-order valence-corrected chi connectivity index (χ1v) is 7.18. The van der Waals surface area contributed by atoms with Gasteiger partial charge in [0.05, 0.1) is 10.8 Å². The molecule has 0 bridgehead atoms. The molecule has 0 amide bonds. The summed E-state index contributed by atoms with van der Waals surface area (Å²) < 4.78 is 30.4. The van der Waals surface area contributed by atoms with E-state index in [2.05, 4.69) is 4.98 Å². The second kappa shape index (κ2) is 6.39. The number of halogens is 1. The first-order valence-electron chi connectivity index (χ1n) is 5.21. The van der Waals surface area contributed by atoms with Crippen LogP contribution < -0.4 is 0 Å². The van der Waals surface area contributed by atoms with E-state index in [0.29, 0.717) is 25.3 Å². The van der Waals surface area contributed by atoms with E-state index in [1.165, 1.54) is 10.5 Å². The van der Waals surface area contributed by atoms with E-state index in [1.54, 1.807) is 20.2 Å².